The van der Waals surface area contributed by atoms with Crippen molar-refractivity contribution in [3.05, 3.63) is 91.4 Å². The van der Waals surface area contributed by atoms with Crippen LogP contribution in [0.5, 0.6) is 0 Å². The van der Waals surface area contributed by atoms with Gasteiger partial charge < -0.3 is 4.90 Å². The van der Waals surface area contributed by atoms with Gasteiger partial charge in [-0.05, 0) is 43.3 Å². The lowest BCUT2D eigenvalue weighted by atomic mass is 10.2. The van der Waals surface area contributed by atoms with Crippen LogP contribution in [0.1, 0.15) is 5.69 Å². The number of allylic oxidation sites excluding steroid dienone is 3. The Kier molecular flexibility index (Phi) is 4.51. The van der Waals surface area contributed by atoms with Crippen molar-refractivity contribution in [1.29, 1.82) is 0 Å². The normalized spacial score (nSPS) is 10.9. The van der Waals surface area contributed by atoms with Crippen molar-refractivity contribution in [2.24, 2.45) is 0 Å². The summed E-state index contributed by atoms with van der Waals surface area (Å²) in [6, 6.07) is 14.2. The van der Waals surface area contributed by atoms with Crippen LogP contribution < -0.4 is 4.90 Å². The Balaban J connectivity index is 2.54. The zero-order valence-corrected chi connectivity index (χ0v) is 11.7. The molecule has 2 nitrogen and oxygen atoms in total. The molecule has 1 aromatic heterocycles. The van der Waals surface area contributed by atoms with Crippen LogP contribution in [0.2, 0.25) is 0 Å². The molecule has 0 N–H and O–H groups in total. The molecule has 0 saturated carbocycles. The minimum Gasteiger partial charge on any atom is -0.309 e. The molecule has 2 aromatic rings. The molecule has 0 unspecified atom stereocenters. The Morgan fingerprint density at radius 3 is 2.35 bits per heavy atom. The smallest absolute Gasteiger partial charge is 0.0645 e. The molecule has 20 heavy (non-hydrogen) atoms. The molecule has 0 fully saturated rings. The van der Waals surface area contributed by atoms with Gasteiger partial charge >= 0.3 is 0 Å². The van der Waals surface area contributed by atoms with E-state index in [0.29, 0.717) is 0 Å². The van der Waals surface area contributed by atoms with Gasteiger partial charge in [0.25, 0.3) is 0 Å². The van der Waals surface area contributed by atoms with Gasteiger partial charge in [-0.1, -0.05) is 37.4 Å². The van der Waals surface area contributed by atoms with E-state index in [2.05, 4.69) is 41.2 Å². The van der Waals surface area contributed by atoms with Crippen molar-refractivity contribution < 1.29 is 0 Å². The molecule has 0 bridgehead atoms. The van der Waals surface area contributed by atoms with Crippen LogP contribution in [-0.4, -0.2) is 4.98 Å². The first kappa shape index (κ1) is 13.8. The molecule has 0 atom stereocenters. The third kappa shape index (κ3) is 3.04. The first-order valence-electron chi connectivity index (χ1n) is 6.49. The molecule has 0 radical (unpaired) electrons. The molecule has 2 rings (SSSR count). The first-order valence-corrected chi connectivity index (χ1v) is 6.49. The summed E-state index contributed by atoms with van der Waals surface area (Å²) in [7, 11) is 0. The number of para-hydroxylation sites is 1. The summed E-state index contributed by atoms with van der Waals surface area (Å²) in [5.41, 5.74) is 4.01. The monoisotopic (exact) mass is 262 g/mol. The minimum atomic E-state index is 0.955. The standard InChI is InChI=1S/C18H18N2/c1-4-9-16(5-2)20(17-10-7-6-8-11-17)18-13-12-15(3)19-14-18/h4-14H,1-2H2,3H3/b16-9+. The van der Waals surface area contributed by atoms with E-state index >= 15 is 0 Å². The molecule has 0 aliphatic rings. The van der Waals surface area contributed by atoms with Crippen LogP contribution in [0.25, 0.3) is 0 Å². The van der Waals surface area contributed by atoms with Gasteiger partial charge in [0, 0.05) is 17.1 Å². The maximum absolute atomic E-state index is 4.37. The van der Waals surface area contributed by atoms with Crippen LogP contribution in [0.15, 0.2) is 85.7 Å². The SMILES string of the molecule is C=C/C=C(\C=C)N(c1ccccc1)c1ccc(C)nc1. The molecule has 2 heteroatoms. The second-order valence-corrected chi connectivity index (χ2v) is 4.36. The first-order chi connectivity index (χ1) is 9.76. The average Bonchev–Trinajstić information content (AvgIpc) is 2.49. The van der Waals surface area contributed by atoms with E-state index in [1.165, 1.54) is 0 Å². The number of aryl methyl sites for hydroxylation is 1. The Labute approximate surface area is 120 Å². The largest absolute Gasteiger partial charge is 0.309 e. The number of nitrogens with zero attached hydrogens (tertiary/aromatic N) is 2. The maximum Gasteiger partial charge on any atom is 0.0645 e. The molecular weight excluding hydrogens is 244 g/mol. The molecule has 0 amide bonds. The Bertz CT molecular complexity index is 610. The van der Waals surface area contributed by atoms with Crippen LogP contribution in [0.3, 0.4) is 0 Å². The summed E-state index contributed by atoms with van der Waals surface area (Å²) in [6.45, 7) is 9.63. The second-order valence-electron chi connectivity index (χ2n) is 4.36. The van der Waals surface area contributed by atoms with E-state index in [4.69, 9.17) is 0 Å². The van der Waals surface area contributed by atoms with Crippen LogP contribution >= 0.6 is 0 Å². The molecule has 1 heterocycles. The van der Waals surface area contributed by atoms with E-state index in [1.807, 2.05) is 49.5 Å². The van der Waals surface area contributed by atoms with E-state index in [-0.39, 0.29) is 0 Å². The fourth-order valence-corrected chi connectivity index (χ4v) is 1.97. The highest BCUT2D eigenvalue weighted by Crippen LogP contribution is 2.29. The molecule has 100 valence electrons. The fourth-order valence-electron chi connectivity index (χ4n) is 1.97. The summed E-state index contributed by atoms with van der Waals surface area (Å²) < 4.78 is 0. The number of benzene rings is 1. The number of pyridine rings is 1. The van der Waals surface area contributed by atoms with Crippen molar-refractivity contribution in [2.45, 2.75) is 6.92 Å². The van der Waals surface area contributed by atoms with Crippen molar-refractivity contribution >= 4 is 11.4 Å². The highest BCUT2D eigenvalue weighted by Gasteiger charge is 2.11. The van der Waals surface area contributed by atoms with Crippen molar-refractivity contribution in [3.8, 4) is 0 Å². The Morgan fingerprint density at radius 2 is 1.80 bits per heavy atom. The van der Waals surface area contributed by atoms with Crippen molar-refractivity contribution in [1.82, 2.24) is 4.98 Å². The number of anilines is 2. The molecule has 0 saturated heterocycles. The zero-order valence-electron chi connectivity index (χ0n) is 11.7. The summed E-state index contributed by atoms with van der Waals surface area (Å²) in [6.07, 6.45) is 7.37. The average molecular weight is 262 g/mol. The van der Waals surface area contributed by atoms with Gasteiger partial charge in [-0.25, -0.2) is 0 Å². The second kappa shape index (κ2) is 6.53. The van der Waals surface area contributed by atoms with Crippen LogP contribution in [0, 0.1) is 6.92 Å². The minimum absolute atomic E-state index is 0.955. The lowest BCUT2D eigenvalue weighted by Crippen LogP contribution is -2.15. The van der Waals surface area contributed by atoms with Gasteiger partial charge in [-0.3, -0.25) is 4.98 Å². The van der Waals surface area contributed by atoms with Gasteiger partial charge in [0.1, 0.15) is 0 Å². The number of rotatable bonds is 5. The maximum atomic E-state index is 4.37. The van der Waals surface area contributed by atoms with Crippen molar-refractivity contribution in [2.75, 3.05) is 4.90 Å². The summed E-state index contributed by atoms with van der Waals surface area (Å²) in [4.78, 5) is 6.47. The molecule has 0 aliphatic carbocycles. The van der Waals surface area contributed by atoms with Crippen LogP contribution in [-0.2, 0) is 0 Å². The van der Waals surface area contributed by atoms with E-state index in [9.17, 15) is 0 Å². The summed E-state index contributed by atoms with van der Waals surface area (Å²) in [5.74, 6) is 0. The highest BCUT2D eigenvalue weighted by atomic mass is 15.1. The predicted molar refractivity (Wildman–Crippen MR) is 86.0 cm³/mol. The molecule has 0 spiro atoms. The van der Waals surface area contributed by atoms with Crippen molar-refractivity contribution in [3.63, 3.8) is 0 Å². The predicted octanol–water partition coefficient (Wildman–Crippen LogP) is 4.78. The summed E-state index contributed by atoms with van der Waals surface area (Å²) in [5, 5.41) is 0. The Hall–Kier alpha value is -2.61. The molecule has 1 aromatic carbocycles. The third-order valence-corrected chi connectivity index (χ3v) is 2.92. The van der Waals surface area contributed by atoms with E-state index in [1.54, 1.807) is 6.08 Å². The molecular formula is C18H18N2. The van der Waals surface area contributed by atoms with Gasteiger partial charge in [0.15, 0.2) is 0 Å². The fraction of sp³-hybridized carbons (Fsp3) is 0.0556. The third-order valence-electron chi connectivity index (χ3n) is 2.92. The van der Waals surface area contributed by atoms with Gasteiger partial charge in [0.05, 0.1) is 11.9 Å². The highest BCUT2D eigenvalue weighted by molar-refractivity contribution is 5.69. The molecule has 0 aliphatic heterocycles. The lowest BCUT2D eigenvalue weighted by Gasteiger charge is -2.25. The lowest BCUT2D eigenvalue weighted by molar-refractivity contribution is 1.14. The number of hydrogen-bond acceptors (Lipinski definition) is 2. The number of aromatic nitrogens is 1. The zero-order chi connectivity index (χ0) is 14.4. The van der Waals surface area contributed by atoms with E-state index < -0.39 is 0 Å². The summed E-state index contributed by atoms with van der Waals surface area (Å²) >= 11 is 0. The van der Waals surface area contributed by atoms with Gasteiger partial charge in [-0.15, -0.1) is 0 Å². The van der Waals surface area contributed by atoms with Crippen LogP contribution in [0.4, 0.5) is 11.4 Å². The number of hydrogen-bond donors (Lipinski definition) is 0. The van der Waals surface area contributed by atoms with Gasteiger partial charge in [0.2, 0.25) is 0 Å². The van der Waals surface area contributed by atoms with E-state index in [0.717, 1.165) is 22.8 Å². The topological polar surface area (TPSA) is 16.1 Å². The Morgan fingerprint density at radius 1 is 1.05 bits per heavy atom. The quantitative estimate of drug-likeness (QED) is 0.721. The van der Waals surface area contributed by atoms with Gasteiger partial charge in [-0.2, -0.15) is 0 Å².